The number of amides is 1. The van der Waals surface area contributed by atoms with Gasteiger partial charge in [0.15, 0.2) is 0 Å². The van der Waals surface area contributed by atoms with Gasteiger partial charge < -0.3 is 10.2 Å². The van der Waals surface area contributed by atoms with Crippen LogP contribution in [0.4, 0.5) is 5.69 Å². The van der Waals surface area contributed by atoms with Gasteiger partial charge in [0.25, 0.3) is 5.69 Å². The minimum Gasteiger partial charge on any atom is -0.508 e. The highest BCUT2D eigenvalue weighted by Crippen LogP contribution is 2.31. The van der Waals surface area contributed by atoms with Crippen LogP contribution in [0, 0.1) is 10.1 Å². The van der Waals surface area contributed by atoms with Crippen molar-refractivity contribution in [2.75, 3.05) is 7.05 Å². The SMILES string of the molecule is CN(O)C(=O)C(=O)CC(O)(Cc1ccc([N+](=O)[O-])cc1)c1ccc(O)cc1. The van der Waals surface area contributed by atoms with Gasteiger partial charge in [-0.05, 0) is 23.3 Å². The number of nitro groups is 1. The maximum absolute atomic E-state index is 12.1. The first kappa shape index (κ1) is 20.0. The van der Waals surface area contributed by atoms with E-state index in [0.717, 1.165) is 7.05 Å². The van der Waals surface area contributed by atoms with Gasteiger partial charge in [-0.2, -0.15) is 0 Å². The molecule has 0 spiro atoms. The first-order valence-corrected chi connectivity index (χ1v) is 7.87. The summed E-state index contributed by atoms with van der Waals surface area (Å²) in [5, 5.41) is 40.6. The van der Waals surface area contributed by atoms with Crippen molar-refractivity contribution in [2.24, 2.45) is 0 Å². The zero-order valence-electron chi connectivity index (χ0n) is 14.4. The predicted molar refractivity (Wildman–Crippen MR) is 93.0 cm³/mol. The molecule has 9 nitrogen and oxygen atoms in total. The van der Waals surface area contributed by atoms with Crippen molar-refractivity contribution in [1.82, 2.24) is 5.06 Å². The summed E-state index contributed by atoms with van der Waals surface area (Å²) in [4.78, 5) is 34.0. The number of nitrogens with zero attached hydrogens (tertiary/aromatic N) is 2. The number of hydrogen-bond acceptors (Lipinski definition) is 7. The fourth-order valence-electron chi connectivity index (χ4n) is 2.63. The van der Waals surface area contributed by atoms with Crippen LogP contribution in [0.25, 0.3) is 0 Å². The summed E-state index contributed by atoms with van der Waals surface area (Å²) in [6.45, 7) is 0. The Hall–Kier alpha value is -3.30. The van der Waals surface area contributed by atoms with E-state index in [2.05, 4.69) is 0 Å². The van der Waals surface area contributed by atoms with E-state index in [1.807, 2.05) is 0 Å². The number of hydrogen-bond donors (Lipinski definition) is 3. The van der Waals surface area contributed by atoms with Gasteiger partial charge in [-0.3, -0.25) is 24.9 Å². The molecular formula is C18H18N2O7. The number of phenols is 1. The lowest BCUT2D eigenvalue weighted by molar-refractivity contribution is -0.384. The Bertz CT molecular complexity index is 847. The van der Waals surface area contributed by atoms with E-state index >= 15 is 0 Å². The van der Waals surface area contributed by atoms with Crippen LogP contribution < -0.4 is 0 Å². The highest BCUT2D eigenvalue weighted by atomic mass is 16.6. The fourth-order valence-corrected chi connectivity index (χ4v) is 2.63. The number of non-ortho nitro benzene ring substituents is 1. The van der Waals surface area contributed by atoms with Crippen molar-refractivity contribution >= 4 is 17.4 Å². The Labute approximate surface area is 154 Å². The Kier molecular flexibility index (Phi) is 5.88. The largest absolute Gasteiger partial charge is 0.508 e. The zero-order valence-corrected chi connectivity index (χ0v) is 14.4. The highest BCUT2D eigenvalue weighted by Gasteiger charge is 2.35. The fraction of sp³-hybridized carbons (Fsp3) is 0.222. The molecule has 0 aromatic heterocycles. The summed E-state index contributed by atoms with van der Waals surface area (Å²) in [6, 6.07) is 10.9. The number of hydroxylamine groups is 2. The number of benzene rings is 2. The summed E-state index contributed by atoms with van der Waals surface area (Å²) in [5.41, 5.74) is -1.19. The zero-order chi connectivity index (χ0) is 20.2. The number of carbonyl (C=O) groups excluding carboxylic acids is 2. The minimum atomic E-state index is -1.83. The van der Waals surface area contributed by atoms with E-state index in [0.29, 0.717) is 5.56 Å². The maximum atomic E-state index is 12.1. The molecule has 0 saturated heterocycles. The van der Waals surface area contributed by atoms with E-state index in [1.165, 1.54) is 48.5 Å². The van der Waals surface area contributed by atoms with Crippen LogP contribution in [0.15, 0.2) is 48.5 Å². The number of carbonyl (C=O) groups is 2. The van der Waals surface area contributed by atoms with Crippen molar-refractivity contribution in [1.29, 1.82) is 0 Å². The Morgan fingerprint density at radius 2 is 1.67 bits per heavy atom. The molecule has 0 radical (unpaired) electrons. The average molecular weight is 374 g/mol. The van der Waals surface area contributed by atoms with Crippen LogP contribution in [0.5, 0.6) is 5.75 Å². The lowest BCUT2D eigenvalue weighted by Gasteiger charge is -2.28. The van der Waals surface area contributed by atoms with Crippen molar-refractivity contribution in [2.45, 2.75) is 18.4 Å². The number of aromatic hydroxyl groups is 1. The van der Waals surface area contributed by atoms with Crippen LogP contribution >= 0.6 is 0 Å². The van der Waals surface area contributed by atoms with Crippen molar-refractivity contribution in [3.63, 3.8) is 0 Å². The smallest absolute Gasteiger partial charge is 0.313 e. The second-order valence-corrected chi connectivity index (χ2v) is 6.11. The van der Waals surface area contributed by atoms with Crippen LogP contribution in [0.1, 0.15) is 17.5 Å². The van der Waals surface area contributed by atoms with Gasteiger partial charge in [0.05, 0.1) is 4.92 Å². The third-order valence-electron chi connectivity index (χ3n) is 4.03. The van der Waals surface area contributed by atoms with E-state index in [9.17, 15) is 29.9 Å². The number of nitro benzene ring substituents is 1. The normalized spacial score (nSPS) is 12.9. The van der Waals surface area contributed by atoms with Crippen LogP contribution in [-0.2, 0) is 21.6 Å². The second kappa shape index (κ2) is 7.94. The summed E-state index contributed by atoms with van der Waals surface area (Å²) >= 11 is 0. The minimum absolute atomic E-state index is 0.0473. The molecule has 9 heteroatoms. The standard InChI is InChI=1S/C18H18N2O7/c1-19(25)17(23)16(22)11-18(24,13-4-8-15(21)9-5-13)10-12-2-6-14(7-3-12)20(26)27/h2-9,21,24-25H,10-11H2,1H3. The molecule has 0 heterocycles. The van der Waals surface area contributed by atoms with Gasteiger partial charge in [0.2, 0.25) is 5.78 Å². The summed E-state index contributed by atoms with van der Waals surface area (Å²) < 4.78 is 0. The quantitative estimate of drug-likeness (QED) is 0.289. The predicted octanol–water partition coefficient (Wildman–Crippen LogP) is 1.54. The van der Waals surface area contributed by atoms with Gasteiger partial charge in [-0.1, -0.05) is 24.3 Å². The number of Topliss-reactive ketones (excluding diaryl/α,β-unsaturated/α-hetero) is 1. The molecule has 1 unspecified atom stereocenters. The van der Waals surface area contributed by atoms with Gasteiger partial charge in [-0.15, -0.1) is 0 Å². The average Bonchev–Trinajstić information content (AvgIpc) is 2.61. The van der Waals surface area contributed by atoms with E-state index in [-0.39, 0.29) is 28.5 Å². The molecule has 0 fully saturated rings. The Morgan fingerprint density at radius 1 is 1.11 bits per heavy atom. The maximum Gasteiger partial charge on any atom is 0.313 e. The molecule has 2 aromatic carbocycles. The highest BCUT2D eigenvalue weighted by molar-refractivity contribution is 6.35. The van der Waals surface area contributed by atoms with E-state index in [1.54, 1.807) is 0 Å². The Morgan fingerprint density at radius 3 is 2.15 bits per heavy atom. The topological polar surface area (TPSA) is 141 Å². The van der Waals surface area contributed by atoms with E-state index < -0.39 is 28.6 Å². The number of rotatable bonds is 7. The molecule has 2 aromatic rings. The number of aliphatic hydroxyl groups is 1. The van der Waals surface area contributed by atoms with Gasteiger partial charge in [-0.25, -0.2) is 5.06 Å². The molecule has 3 N–H and O–H groups in total. The van der Waals surface area contributed by atoms with Crippen molar-refractivity contribution in [3.8, 4) is 5.75 Å². The third-order valence-corrected chi connectivity index (χ3v) is 4.03. The molecular weight excluding hydrogens is 356 g/mol. The van der Waals surface area contributed by atoms with Gasteiger partial charge in [0, 0.05) is 32.0 Å². The van der Waals surface area contributed by atoms with Gasteiger partial charge >= 0.3 is 5.91 Å². The molecule has 1 atom stereocenters. The molecule has 0 aliphatic rings. The van der Waals surface area contributed by atoms with E-state index in [4.69, 9.17) is 5.21 Å². The van der Waals surface area contributed by atoms with Crippen molar-refractivity contribution in [3.05, 3.63) is 69.8 Å². The number of phenolic OH excluding ortho intramolecular Hbond substituents is 1. The Balaban J connectivity index is 2.36. The number of likely N-dealkylation sites (N-methyl/N-ethyl adjacent to an activating group) is 1. The third kappa shape index (κ3) is 4.87. The molecule has 0 aliphatic heterocycles. The van der Waals surface area contributed by atoms with Crippen molar-refractivity contribution < 1.29 is 29.9 Å². The molecule has 1 amide bonds. The van der Waals surface area contributed by atoms with Crippen LogP contribution in [0.3, 0.4) is 0 Å². The second-order valence-electron chi connectivity index (χ2n) is 6.11. The van der Waals surface area contributed by atoms with Crippen LogP contribution in [0.2, 0.25) is 0 Å². The molecule has 0 aliphatic carbocycles. The summed E-state index contributed by atoms with van der Waals surface area (Å²) in [5.74, 6) is -2.25. The first-order valence-electron chi connectivity index (χ1n) is 7.87. The first-order chi connectivity index (χ1) is 12.6. The lowest BCUT2D eigenvalue weighted by atomic mass is 9.83. The number of ketones is 1. The lowest BCUT2D eigenvalue weighted by Crippen LogP contribution is -2.38. The van der Waals surface area contributed by atoms with Gasteiger partial charge in [0.1, 0.15) is 11.4 Å². The summed E-state index contributed by atoms with van der Waals surface area (Å²) in [6.07, 6.45) is -0.748. The monoisotopic (exact) mass is 374 g/mol. The molecule has 142 valence electrons. The summed E-state index contributed by atoms with van der Waals surface area (Å²) in [7, 11) is 0.996. The molecule has 0 saturated carbocycles. The van der Waals surface area contributed by atoms with Crippen LogP contribution in [-0.4, -0.2) is 44.1 Å². The molecule has 2 rings (SSSR count). The molecule has 27 heavy (non-hydrogen) atoms. The molecule has 0 bridgehead atoms.